The summed E-state index contributed by atoms with van der Waals surface area (Å²) in [5.74, 6) is 0.329. The summed E-state index contributed by atoms with van der Waals surface area (Å²) in [6, 6.07) is 0. The first-order valence-corrected chi connectivity index (χ1v) is 5.81. The van der Waals surface area contributed by atoms with Crippen LogP contribution in [0.4, 0.5) is 0 Å². The molecule has 92 valence electrons. The van der Waals surface area contributed by atoms with E-state index in [0.29, 0.717) is 19.1 Å². The molecule has 0 aliphatic carbocycles. The third-order valence-electron chi connectivity index (χ3n) is 2.91. The summed E-state index contributed by atoms with van der Waals surface area (Å²) in [7, 11) is 0. The minimum absolute atomic E-state index is 0.0385. The Balaban J connectivity index is 4.32. The first-order valence-electron chi connectivity index (χ1n) is 5.81. The van der Waals surface area contributed by atoms with E-state index in [0.717, 1.165) is 5.57 Å². The zero-order chi connectivity index (χ0) is 12.8. The highest BCUT2D eigenvalue weighted by Gasteiger charge is 2.26. The second kappa shape index (κ2) is 6.70. The molecule has 1 heteroatoms. The van der Waals surface area contributed by atoms with Crippen LogP contribution in [0.2, 0.25) is 0 Å². The lowest BCUT2D eigenvalue weighted by Gasteiger charge is -2.31. The van der Waals surface area contributed by atoms with Gasteiger partial charge in [-0.1, -0.05) is 43.7 Å². The van der Waals surface area contributed by atoms with Gasteiger partial charge in [0.15, 0.2) is 0 Å². The first kappa shape index (κ1) is 15.2. The van der Waals surface area contributed by atoms with E-state index in [2.05, 4.69) is 53.9 Å². The quantitative estimate of drug-likeness (QED) is 0.459. The number of allylic oxidation sites excluding steroid dienone is 2. The zero-order valence-corrected chi connectivity index (χ0v) is 11.5. The Bertz CT molecular complexity index is 267. The van der Waals surface area contributed by atoms with Crippen LogP contribution in [0.3, 0.4) is 0 Å². The Morgan fingerprint density at radius 1 is 1.31 bits per heavy atom. The molecule has 0 saturated carbocycles. The molecule has 0 aromatic carbocycles. The molecule has 0 bridgehead atoms. The lowest BCUT2D eigenvalue weighted by atomic mass is 9.76. The third-order valence-corrected chi connectivity index (χ3v) is 2.91. The van der Waals surface area contributed by atoms with Crippen LogP contribution in [0.5, 0.6) is 0 Å². The van der Waals surface area contributed by atoms with Crippen molar-refractivity contribution in [3.05, 3.63) is 36.5 Å². The Labute approximate surface area is 101 Å². The minimum Gasteiger partial charge on any atom is -0.377 e. The molecule has 0 radical (unpaired) electrons. The maximum Gasteiger partial charge on any atom is 0.0650 e. The SMILES string of the molecule is C=CC(C)(C)C(COCC=C(C)C)C(=C)C. The predicted molar refractivity (Wildman–Crippen MR) is 72.5 cm³/mol. The lowest BCUT2D eigenvalue weighted by molar-refractivity contribution is 0.0991. The summed E-state index contributed by atoms with van der Waals surface area (Å²) in [4.78, 5) is 0. The summed E-state index contributed by atoms with van der Waals surface area (Å²) < 4.78 is 5.67. The summed E-state index contributed by atoms with van der Waals surface area (Å²) in [5.41, 5.74) is 2.48. The molecule has 0 amide bonds. The van der Waals surface area contributed by atoms with E-state index in [-0.39, 0.29) is 5.41 Å². The Hall–Kier alpha value is -0.820. The van der Waals surface area contributed by atoms with E-state index in [9.17, 15) is 0 Å². The van der Waals surface area contributed by atoms with Gasteiger partial charge in [-0.2, -0.15) is 0 Å². The van der Waals surface area contributed by atoms with Gasteiger partial charge in [0.2, 0.25) is 0 Å². The normalized spacial score (nSPS) is 13.1. The molecular formula is C15H26O. The van der Waals surface area contributed by atoms with Crippen molar-refractivity contribution in [2.45, 2.75) is 34.6 Å². The van der Waals surface area contributed by atoms with Crippen LogP contribution in [-0.4, -0.2) is 13.2 Å². The summed E-state index contributed by atoms with van der Waals surface area (Å²) in [5, 5.41) is 0. The zero-order valence-electron chi connectivity index (χ0n) is 11.5. The van der Waals surface area contributed by atoms with Gasteiger partial charge in [0.25, 0.3) is 0 Å². The van der Waals surface area contributed by atoms with Crippen molar-refractivity contribution in [2.24, 2.45) is 11.3 Å². The molecule has 16 heavy (non-hydrogen) atoms. The molecule has 1 nitrogen and oxygen atoms in total. The topological polar surface area (TPSA) is 9.23 Å². The van der Waals surface area contributed by atoms with Crippen LogP contribution < -0.4 is 0 Å². The molecule has 1 atom stereocenters. The van der Waals surface area contributed by atoms with Crippen LogP contribution >= 0.6 is 0 Å². The highest BCUT2D eigenvalue weighted by atomic mass is 16.5. The summed E-state index contributed by atoms with van der Waals surface area (Å²) in [6.45, 7) is 19.9. The molecular weight excluding hydrogens is 196 g/mol. The summed E-state index contributed by atoms with van der Waals surface area (Å²) in [6.07, 6.45) is 4.08. The molecule has 0 fully saturated rings. The van der Waals surface area contributed by atoms with Gasteiger partial charge in [0.1, 0.15) is 0 Å². The van der Waals surface area contributed by atoms with Crippen LogP contribution in [0.1, 0.15) is 34.6 Å². The van der Waals surface area contributed by atoms with E-state index in [1.807, 2.05) is 6.08 Å². The molecule has 0 aliphatic heterocycles. The average Bonchev–Trinajstić information content (AvgIpc) is 2.16. The lowest BCUT2D eigenvalue weighted by Crippen LogP contribution is -2.27. The fourth-order valence-corrected chi connectivity index (χ4v) is 1.55. The highest BCUT2D eigenvalue weighted by Crippen LogP contribution is 2.32. The fourth-order valence-electron chi connectivity index (χ4n) is 1.55. The van der Waals surface area contributed by atoms with Crippen LogP contribution in [0, 0.1) is 11.3 Å². The second-order valence-electron chi connectivity index (χ2n) is 5.24. The van der Waals surface area contributed by atoms with Crippen molar-refractivity contribution in [1.82, 2.24) is 0 Å². The van der Waals surface area contributed by atoms with E-state index in [1.54, 1.807) is 0 Å². The van der Waals surface area contributed by atoms with Gasteiger partial charge in [-0.25, -0.2) is 0 Å². The second-order valence-corrected chi connectivity index (χ2v) is 5.24. The van der Waals surface area contributed by atoms with E-state index in [4.69, 9.17) is 4.74 Å². The molecule has 0 N–H and O–H groups in total. The molecule has 0 aliphatic rings. The van der Waals surface area contributed by atoms with Gasteiger partial charge in [-0.15, -0.1) is 6.58 Å². The van der Waals surface area contributed by atoms with E-state index in [1.165, 1.54) is 5.57 Å². The molecule has 0 heterocycles. The van der Waals surface area contributed by atoms with E-state index >= 15 is 0 Å². The molecule has 0 saturated heterocycles. The van der Waals surface area contributed by atoms with Gasteiger partial charge in [-0.3, -0.25) is 0 Å². The number of hydrogen-bond acceptors (Lipinski definition) is 1. The molecule has 0 aromatic heterocycles. The number of ether oxygens (including phenoxy) is 1. The van der Waals surface area contributed by atoms with Crippen molar-refractivity contribution in [2.75, 3.05) is 13.2 Å². The van der Waals surface area contributed by atoms with Crippen LogP contribution in [0.25, 0.3) is 0 Å². The van der Waals surface area contributed by atoms with Gasteiger partial charge >= 0.3 is 0 Å². The Kier molecular flexibility index (Phi) is 6.35. The highest BCUT2D eigenvalue weighted by molar-refractivity contribution is 5.08. The first-order chi connectivity index (χ1) is 7.31. The van der Waals surface area contributed by atoms with Crippen LogP contribution in [0.15, 0.2) is 36.5 Å². The smallest absolute Gasteiger partial charge is 0.0650 e. The van der Waals surface area contributed by atoms with Crippen molar-refractivity contribution < 1.29 is 4.74 Å². The van der Waals surface area contributed by atoms with Gasteiger partial charge in [-0.05, 0) is 26.2 Å². The molecule has 0 rings (SSSR count). The van der Waals surface area contributed by atoms with Gasteiger partial charge in [0, 0.05) is 5.92 Å². The van der Waals surface area contributed by atoms with Gasteiger partial charge < -0.3 is 4.74 Å². The fraction of sp³-hybridized carbons (Fsp3) is 0.600. The van der Waals surface area contributed by atoms with Crippen molar-refractivity contribution in [3.63, 3.8) is 0 Å². The maximum absolute atomic E-state index is 5.67. The van der Waals surface area contributed by atoms with Crippen LogP contribution in [-0.2, 0) is 4.74 Å². The molecule has 0 aromatic rings. The Morgan fingerprint density at radius 2 is 1.88 bits per heavy atom. The van der Waals surface area contributed by atoms with E-state index < -0.39 is 0 Å². The largest absolute Gasteiger partial charge is 0.377 e. The standard InChI is InChI=1S/C15H26O/c1-8-15(6,7)14(13(4)5)11-16-10-9-12(2)3/h8-9,14H,1,4,10-11H2,2-3,5-7H3. The third kappa shape index (κ3) is 5.32. The number of hydrogen-bond donors (Lipinski definition) is 0. The maximum atomic E-state index is 5.67. The Morgan fingerprint density at radius 3 is 2.25 bits per heavy atom. The monoisotopic (exact) mass is 222 g/mol. The van der Waals surface area contributed by atoms with Gasteiger partial charge in [0.05, 0.1) is 13.2 Å². The predicted octanol–water partition coefficient (Wildman–Crippen LogP) is 4.37. The minimum atomic E-state index is 0.0385. The molecule has 0 spiro atoms. The van der Waals surface area contributed by atoms with Crippen molar-refractivity contribution in [3.8, 4) is 0 Å². The van der Waals surface area contributed by atoms with Crippen molar-refractivity contribution >= 4 is 0 Å². The summed E-state index contributed by atoms with van der Waals surface area (Å²) >= 11 is 0. The molecule has 1 unspecified atom stereocenters. The number of rotatable bonds is 7. The van der Waals surface area contributed by atoms with Crippen molar-refractivity contribution in [1.29, 1.82) is 0 Å². The average molecular weight is 222 g/mol.